The Morgan fingerprint density at radius 3 is 1.09 bits per heavy atom. The number of hydrogen-bond donors (Lipinski definition) is 6. The van der Waals surface area contributed by atoms with Crippen molar-refractivity contribution in [1.82, 2.24) is 0 Å². The minimum absolute atomic E-state index is 0.0736. The smallest absolute Gasteiger partial charge is 0.0836 e. The van der Waals surface area contributed by atoms with E-state index >= 15 is 0 Å². The summed E-state index contributed by atoms with van der Waals surface area (Å²) in [5.74, 6) is -2.52. The molecule has 0 aliphatic carbocycles. The summed E-state index contributed by atoms with van der Waals surface area (Å²) in [6, 6.07) is 0. The summed E-state index contributed by atoms with van der Waals surface area (Å²) in [4.78, 5) is 18.9. The van der Waals surface area contributed by atoms with Gasteiger partial charge in [0.05, 0.1) is 21.1 Å². The standard InChI is InChI=1S/2C8H17.C4H10O2.2C2H4O2S2.Sn/c2*1-3-5-7-8-6-4-2;5-3-1-2-4-6;2*3-1(4)2(5)6;/h2*1,3-8H2,2H3;5-6H,1-4H2;2*2,5-6H,(H,3,4);/q;;;;;+2/p-2. The molecule has 0 bridgehead atoms. The van der Waals surface area contributed by atoms with Crippen molar-refractivity contribution in [3.05, 3.63) is 0 Å². The SMILES string of the molecule is CCCCCCC[CH2][Sn+2][CH2]CCCCCCC.O=C([O-])C(S)S.O=C([O-])C(S)S.OCCCCO. The van der Waals surface area contributed by atoms with Gasteiger partial charge in [0.15, 0.2) is 0 Å². The third kappa shape index (κ3) is 56.4. The molecule has 0 saturated carbocycles. The van der Waals surface area contributed by atoms with Crippen LogP contribution in [0.4, 0.5) is 0 Å². The van der Waals surface area contributed by atoms with E-state index in [-0.39, 0.29) is 34.4 Å². The Kier molecular flexibility index (Phi) is 48.8. The molecule has 0 fully saturated rings. The second-order valence-electron chi connectivity index (χ2n) is 7.83. The van der Waals surface area contributed by atoms with Crippen LogP contribution in [-0.2, 0) is 9.59 Å². The molecule has 35 heavy (non-hydrogen) atoms. The van der Waals surface area contributed by atoms with Gasteiger partial charge in [-0.05, 0) is 12.8 Å². The molecule has 0 aliphatic rings. The van der Waals surface area contributed by atoms with Crippen molar-refractivity contribution in [2.75, 3.05) is 13.2 Å². The molecule has 2 N–H and O–H groups in total. The number of carboxylic acids is 2. The Morgan fingerprint density at radius 1 is 0.600 bits per heavy atom. The number of carboxylic acid groups (broad SMARTS) is 2. The van der Waals surface area contributed by atoms with Gasteiger partial charge in [-0.2, -0.15) is 50.5 Å². The molecule has 0 heterocycles. The first kappa shape index (κ1) is 43.1. The minimum Gasteiger partial charge on any atom is -0.548 e. The van der Waals surface area contributed by atoms with Crippen molar-refractivity contribution in [2.45, 2.75) is 122 Å². The Morgan fingerprint density at radius 2 is 0.857 bits per heavy atom. The van der Waals surface area contributed by atoms with Gasteiger partial charge >= 0.3 is 121 Å². The molecular weight excluding hydrogens is 631 g/mol. The summed E-state index contributed by atoms with van der Waals surface area (Å²) in [6.45, 7) is 4.99. The second kappa shape index (κ2) is 39.6. The fourth-order valence-corrected chi connectivity index (χ4v) is 5.98. The number of carbonyl (C=O) groups excluding carboxylic acids is 2. The summed E-state index contributed by atoms with van der Waals surface area (Å²) in [5, 5.41) is 35.0. The number of unbranched alkanes of at least 4 members (excludes halogenated alkanes) is 11. The van der Waals surface area contributed by atoms with E-state index in [0.717, 1.165) is 12.8 Å². The average Bonchev–Trinajstić information content (AvgIpc) is 2.81. The van der Waals surface area contributed by atoms with E-state index in [9.17, 15) is 19.8 Å². The maximum atomic E-state index is 9.44. The quantitative estimate of drug-likeness (QED) is 0.0534. The minimum atomic E-state index is -1.26. The third-order valence-electron chi connectivity index (χ3n) is 4.40. The van der Waals surface area contributed by atoms with E-state index in [0.29, 0.717) is 0 Å². The zero-order valence-electron chi connectivity index (χ0n) is 21.7. The van der Waals surface area contributed by atoms with E-state index in [1.54, 1.807) is 21.7 Å². The van der Waals surface area contributed by atoms with Crippen molar-refractivity contribution in [3.8, 4) is 0 Å². The van der Waals surface area contributed by atoms with E-state index < -0.39 is 21.1 Å². The molecule has 0 atom stereocenters. The maximum absolute atomic E-state index is 9.44. The largest absolute Gasteiger partial charge is 0.548 e. The zero-order chi connectivity index (χ0) is 27.7. The first-order valence-corrected chi connectivity index (χ1v) is 18.8. The predicted molar refractivity (Wildman–Crippen MR) is 159 cm³/mol. The average molecular weight is 682 g/mol. The molecule has 0 aromatic rings. The van der Waals surface area contributed by atoms with Crippen molar-refractivity contribution in [3.63, 3.8) is 0 Å². The van der Waals surface area contributed by atoms with Crippen molar-refractivity contribution < 1.29 is 30.0 Å². The van der Waals surface area contributed by atoms with Crippen molar-refractivity contribution in [2.24, 2.45) is 0 Å². The topological polar surface area (TPSA) is 121 Å². The van der Waals surface area contributed by atoms with Gasteiger partial charge in [-0.3, -0.25) is 0 Å². The monoisotopic (exact) mass is 682 g/mol. The van der Waals surface area contributed by atoms with Gasteiger partial charge in [0.25, 0.3) is 0 Å². The summed E-state index contributed by atoms with van der Waals surface area (Å²) < 4.78 is 1.41. The molecule has 0 unspecified atom stereocenters. The number of aliphatic hydroxyl groups is 2. The number of rotatable bonds is 19. The van der Waals surface area contributed by atoms with Gasteiger partial charge < -0.3 is 30.0 Å². The molecule has 210 valence electrons. The molecule has 6 nitrogen and oxygen atoms in total. The van der Waals surface area contributed by atoms with Crippen molar-refractivity contribution >= 4 is 83.6 Å². The molecule has 0 aromatic carbocycles. The third-order valence-corrected chi connectivity index (χ3v) is 9.28. The number of aliphatic hydroxyl groups excluding tert-OH is 2. The summed E-state index contributed by atoms with van der Waals surface area (Å²) in [5.41, 5.74) is 0. The summed E-state index contributed by atoms with van der Waals surface area (Å²) >= 11 is 13.7. The maximum Gasteiger partial charge on any atom is 0.0836 e. The van der Waals surface area contributed by atoms with Crippen LogP contribution in [0.25, 0.3) is 0 Å². The summed E-state index contributed by atoms with van der Waals surface area (Å²) in [6.07, 6.45) is 19.3. The van der Waals surface area contributed by atoms with Gasteiger partial charge in [0.2, 0.25) is 0 Å². The number of hydrogen-bond acceptors (Lipinski definition) is 10. The second-order valence-corrected chi connectivity index (χ2v) is 15.0. The molecule has 0 amide bonds. The molecular formula is C24H50O6S4Sn. The van der Waals surface area contributed by atoms with Crippen LogP contribution in [0.2, 0.25) is 8.87 Å². The van der Waals surface area contributed by atoms with Gasteiger partial charge in [-0.25, -0.2) is 0 Å². The first-order chi connectivity index (χ1) is 16.6. The van der Waals surface area contributed by atoms with E-state index in [1.165, 1.54) is 64.2 Å². The van der Waals surface area contributed by atoms with Gasteiger partial charge in [-0.1, -0.05) is 0 Å². The predicted octanol–water partition coefficient (Wildman–Crippen LogP) is 3.84. The number of carbonyl (C=O) groups is 2. The number of thiol groups is 4. The molecule has 0 rings (SSSR count). The Labute approximate surface area is 247 Å². The summed E-state index contributed by atoms with van der Waals surface area (Å²) in [7, 11) is 0. The molecule has 0 saturated heterocycles. The Balaban J connectivity index is -0.000000218. The van der Waals surface area contributed by atoms with Crippen LogP contribution in [0.15, 0.2) is 0 Å². The molecule has 0 aromatic heterocycles. The van der Waals surface area contributed by atoms with Gasteiger partial charge in [-0.15, -0.1) is 0 Å². The van der Waals surface area contributed by atoms with Crippen LogP contribution >= 0.6 is 50.5 Å². The van der Waals surface area contributed by atoms with E-state index in [1.807, 2.05) is 0 Å². The van der Waals surface area contributed by atoms with Crippen LogP contribution < -0.4 is 10.2 Å². The fraction of sp³-hybridized carbons (Fsp3) is 0.917. The van der Waals surface area contributed by atoms with Crippen LogP contribution in [-0.4, -0.2) is 65.7 Å². The molecule has 0 spiro atoms. The first-order valence-electron chi connectivity index (χ1n) is 12.7. The van der Waals surface area contributed by atoms with Crippen molar-refractivity contribution in [1.29, 1.82) is 0 Å². The van der Waals surface area contributed by atoms with E-state index in [4.69, 9.17) is 10.2 Å². The van der Waals surface area contributed by atoms with Gasteiger partial charge in [0, 0.05) is 13.2 Å². The van der Waals surface area contributed by atoms with Crippen LogP contribution in [0, 0.1) is 0 Å². The van der Waals surface area contributed by atoms with Crippen LogP contribution in [0.1, 0.15) is 104 Å². The Hall–Kier alpha value is 1.06. The van der Waals surface area contributed by atoms with E-state index in [2.05, 4.69) is 64.4 Å². The molecule has 11 heteroatoms. The molecule has 0 aliphatic heterocycles. The number of aliphatic carboxylic acids is 2. The normalized spacial score (nSPS) is 9.77. The Bertz CT molecular complexity index is 383. The molecule has 0 radical (unpaired) electrons. The van der Waals surface area contributed by atoms with Crippen LogP contribution in [0.5, 0.6) is 0 Å². The van der Waals surface area contributed by atoms with Gasteiger partial charge in [0.1, 0.15) is 0 Å². The zero-order valence-corrected chi connectivity index (χ0v) is 28.1. The van der Waals surface area contributed by atoms with Crippen LogP contribution in [0.3, 0.4) is 0 Å². The fourth-order valence-electron chi connectivity index (χ4n) is 2.41.